The largest absolute Gasteiger partial charge is 0.328 e. The smallest absolute Gasteiger partial charge is 0.321 e. The highest BCUT2D eigenvalue weighted by Crippen LogP contribution is 2.22. The summed E-state index contributed by atoms with van der Waals surface area (Å²) in [6, 6.07) is 7.59. The van der Waals surface area contributed by atoms with Gasteiger partial charge >= 0.3 is 5.69 Å². The first-order chi connectivity index (χ1) is 12.9. The molecule has 3 aromatic rings. The lowest BCUT2D eigenvalue weighted by molar-refractivity contribution is -0.384. The SMILES string of the molecule is Cc1ccc([N+](=O)[O-])cc1NC(=O)c1c[nH]c(=O)n(Cc2cccs2)c1=O. The molecule has 0 aliphatic rings. The van der Waals surface area contributed by atoms with Gasteiger partial charge in [-0.05, 0) is 23.9 Å². The average molecular weight is 386 g/mol. The Balaban J connectivity index is 1.94. The van der Waals surface area contributed by atoms with Crippen molar-refractivity contribution in [3.05, 3.63) is 88.9 Å². The number of carbonyl (C=O) groups excluding carboxylic acids is 1. The van der Waals surface area contributed by atoms with Crippen LogP contribution in [-0.2, 0) is 6.54 Å². The third kappa shape index (κ3) is 3.85. The number of amides is 1. The highest BCUT2D eigenvalue weighted by Gasteiger charge is 2.17. The van der Waals surface area contributed by atoms with Gasteiger partial charge in [-0.3, -0.25) is 24.3 Å². The number of thiophene rings is 1. The predicted molar refractivity (Wildman–Crippen MR) is 101 cm³/mol. The normalized spacial score (nSPS) is 10.6. The fourth-order valence-corrected chi connectivity index (χ4v) is 3.12. The summed E-state index contributed by atoms with van der Waals surface area (Å²) in [6.45, 7) is 1.71. The lowest BCUT2D eigenvalue weighted by Crippen LogP contribution is -2.39. The second kappa shape index (κ2) is 7.38. The number of aryl methyl sites for hydroxylation is 1. The molecule has 0 spiro atoms. The number of non-ortho nitro benzene ring substituents is 1. The van der Waals surface area contributed by atoms with Gasteiger partial charge < -0.3 is 10.3 Å². The fourth-order valence-electron chi connectivity index (χ4n) is 2.42. The monoisotopic (exact) mass is 386 g/mol. The van der Waals surface area contributed by atoms with Gasteiger partial charge in [0.1, 0.15) is 5.56 Å². The topological polar surface area (TPSA) is 127 Å². The van der Waals surface area contributed by atoms with E-state index in [-0.39, 0.29) is 23.5 Å². The van der Waals surface area contributed by atoms with Gasteiger partial charge in [0, 0.05) is 23.2 Å². The minimum absolute atomic E-state index is 0.0444. The predicted octanol–water partition coefficient (Wildman–Crippen LogP) is 2.12. The van der Waals surface area contributed by atoms with Crippen molar-refractivity contribution in [2.75, 3.05) is 5.32 Å². The van der Waals surface area contributed by atoms with Crippen molar-refractivity contribution in [1.82, 2.24) is 9.55 Å². The second-order valence-corrected chi connectivity index (χ2v) is 6.72. The molecule has 0 saturated heterocycles. The van der Waals surface area contributed by atoms with Crippen molar-refractivity contribution in [2.45, 2.75) is 13.5 Å². The number of aromatic nitrogens is 2. The Bertz CT molecular complexity index is 1130. The van der Waals surface area contributed by atoms with Crippen LogP contribution in [0.1, 0.15) is 20.8 Å². The molecule has 0 atom stereocenters. The molecular formula is C17H14N4O5S. The first kappa shape index (κ1) is 18.3. The van der Waals surface area contributed by atoms with Gasteiger partial charge in [-0.1, -0.05) is 12.1 Å². The van der Waals surface area contributed by atoms with E-state index in [1.807, 2.05) is 5.38 Å². The Hall–Kier alpha value is -3.53. The third-order valence-corrected chi connectivity index (χ3v) is 4.74. The van der Waals surface area contributed by atoms with E-state index in [4.69, 9.17) is 0 Å². The van der Waals surface area contributed by atoms with Crippen molar-refractivity contribution in [1.29, 1.82) is 0 Å². The molecule has 27 heavy (non-hydrogen) atoms. The fraction of sp³-hybridized carbons (Fsp3) is 0.118. The summed E-state index contributed by atoms with van der Waals surface area (Å²) in [5, 5.41) is 15.2. The number of rotatable bonds is 5. The molecular weight excluding hydrogens is 372 g/mol. The molecule has 9 nitrogen and oxygen atoms in total. The van der Waals surface area contributed by atoms with Crippen LogP contribution in [0.5, 0.6) is 0 Å². The zero-order valence-corrected chi connectivity index (χ0v) is 14.9. The second-order valence-electron chi connectivity index (χ2n) is 5.69. The number of benzene rings is 1. The Morgan fingerprint density at radius 1 is 1.33 bits per heavy atom. The lowest BCUT2D eigenvalue weighted by Gasteiger charge is -2.09. The zero-order valence-electron chi connectivity index (χ0n) is 14.1. The molecule has 3 rings (SSSR count). The highest BCUT2D eigenvalue weighted by atomic mass is 32.1. The Morgan fingerprint density at radius 2 is 2.11 bits per heavy atom. The Morgan fingerprint density at radius 3 is 2.78 bits per heavy atom. The van der Waals surface area contributed by atoms with Crippen LogP contribution in [0.2, 0.25) is 0 Å². The number of carbonyl (C=O) groups is 1. The number of nitrogens with zero attached hydrogens (tertiary/aromatic N) is 2. The third-order valence-electron chi connectivity index (χ3n) is 3.88. The van der Waals surface area contributed by atoms with Gasteiger partial charge in [-0.15, -0.1) is 11.3 Å². The molecule has 138 valence electrons. The van der Waals surface area contributed by atoms with Crippen molar-refractivity contribution in [3.63, 3.8) is 0 Å². The van der Waals surface area contributed by atoms with Gasteiger partial charge in [0.15, 0.2) is 0 Å². The van der Waals surface area contributed by atoms with E-state index in [1.165, 1.54) is 29.5 Å². The average Bonchev–Trinajstić information content (AvgIpc) is 3.13. The molecule has 2 aromatic heterocycles. The van der Waals surface area contributed by atoms with E-state index in [2.05, 4.69) is 10.3 Å². The van der Waals surface area contributed by atoms with Crippen LogP contribution in [0.4, 0.5) is 11.4 Å². The Labute approximate surface area is 156 Å². The molecule has 1 amide bonds. The van der Waals surface area contributed by atoms with Gasteiger partial charge in [0.2, 0.25) is 0 Å². The van der Waals surface area contributed by atoms with Crippen LogP contribution >= 0.6 is 11.3 Å². The highest BCUT2D eigenvalue weighted by molar-refractivity contribution is 7.09. The van der Waals surface area contributed by atoms with E-state index in [0.717, 1.165) is 15.6 Å². The summed E-state index contributed by atoms with van der Waals surface area (Å²) < 4.78 is 0.932. The maximum atomic E-state index is 12.6. The first-order valence-electron chi connectivity index (χ1n) is 7.78. The number of nitro groups is 1. The number of H-pyrrole nitrogens is 1. The summed E-state index contributed by atoms with van der Waals surface area (Å²) in [6.07, 6.45) is 1.04. The molecule has 10 heteroatoms. The molecule has 2 heterocycles. The van der Waals surface area contributed by atoms with E-state index in [9.17, 15) is 24.5 Å². The number of nitro benzene ring substituents is 1. The summed E-state index contributed by atoms with van der Waals surface area (Å²) in [5.74, 6) is -0.764. The molecule has 0 radical (unpaired) electrons. The molecule has 0 bridgehead atoms. The van der Waals surface area contributed by atoms with E-state index in [1.54, 1.807) is 19.1 Å². The van der Waals surface area contributed by atoms with Gasteiger partial charge in [-0.2, -0.15) is 0 Å². The molecule has 0 aliphatic carbocycles. The molecule has 0 aliphatic heterocycles. The van der Waals surface area contributed by atoms with Gasteiger partial charge in [0.05, 0.1) is 17.2 Å². The van der Waals surface area contributed by atoms with Crippen LogP contribution in [0.25, 0.3) is 0 Å². The van der Waals surface area contributed by atoms with E-state index in [0.29, 0.717) is 5.56 Å². The number of nitrogens with one attached hydrogen (secondary N) is 2. The Kier molecular flexibility index (Phi) is 4.99. The zero-order chi connectivity index (χ0) is 19.6. The van der Waals surface area contributed by atoms with Crippen LogP contribution in [-0.4, -0.2) is 20.4 Å². The molecule has 1 aromatic carbocycles. The molecule has 0 fully saturated rings. The standard InChI is InChI=1S/C17H14N4O5S/c1-10-4-5-11(21(25)26)7-14(10)19-15(22)13-8-18-17(24)20(16(13)23)9-12-3-2-6-27-12/h2-8H,9H2,1H3,(H,18,24)(H,19,22). The maximum absolute atomic E-state index is 12.6. The van der Waals surface area contributed by atoms with Crippen LogP contribution in [0.3, 0.4) is 0 Å². The minimum Gasteiger partial charge on any atom is -0.321 e. The number of hydrogen-bond acceptors (Lipinski definition) is 6. The summed E-state index contributed by atoms with van der Waals surface area (Å²) in [7, 11) is 0. The van der Waals surface area contributed by atoms with E-state index < -0.39 is 22.1 Å². The lowest BCUT2D eigenvalue weighted by atomic mass is 10.1. The number of hydrogen-bond donors (Lipinski definition) is 2. The summed E-state index contributed by atoms with van der Waals surface area (Å²) in [4.78, 5) is 50.6. The van der Waals surface area contributed by atoms with Crippen molar-refractivity contribution in [3.8, 4) is 0 Å². The number of anilines is 1. The van der Waals surface area contributed by atoms with Gasteiger partial charge in [0.25, 0.3) is 17.2 Å². The summed E-state index contributed by atoms with van der Waals surface area (Å²) in [5.41, 5.74) is -1.02. The first-order valence-corrected chi connectivity index (χ1v) is 8.66. The molecule has 0 unspecified atom stereocenters. The quantitative estimate of drug-likeness (QED) is 0.513. The number of aromatic amines is 1. The van der Waals surface area contributed by atoms with Gasteiger partial charge in [-0.25, -0.2) is 4.79 Å². The van der Waals surface area contributed by atoms with Crippen LogP contribution < -0.4 is 16.6 Å². The van der Waals surface area contributed by atoms with E-state index >= 15 is 0 Å². The maximum Gasteiger partial charge on any atom is 0.328 e. The molecule has 2 N–H and O–H groups in total. The minimum atomic E-state index is -0.764. The van der Waals surface area contributed by atoms with Crippen molar-refractivity contribution in [2.24, 2.45) is 0 Å². The summed E-state index contributed by atoms with van der Waals surface area (Å²) >= 11 is 1.38. The molecule has 0 saturated carbocycles. The van der Waals surface area contributed by atoms with Crippen molar-refractivity contribution >= 4 is 28.6 Å². The van der Waals surface area contributed by atoms with Crippen LogP contribution in [0, 0.1) is 17.0 Å². The van der Waals surface area contributed by atoms with Crippen LogP contribution in [0.15, 0.2) is 51.5 Å². The van der Waals surface area contributed by atoms with Crippen molar-refractivity contribution < 1.29 is 9.72 Å².